The fourth-order valence-corrected chi connectivity index (χ4v) is 4.07. The van der Waals surface area contributed by atoms with Gasteiger partial charge in [-0.15, -0.1) is 0 Å². The Morgan fingerprint density at radius 2 is 1.86 bits per heavy atom. The van der Waals surface area contributed by atoms with E-state index in [1.165, 1.54) is 22.6 Å². The van der Waals surface area contributed by atoms with E-state index in [0.29, 0.717) is 17.1 Å². The minimum atomic E-state index is -0.762. The Labute approximate surface area is 198 Å². The summed E-state index contributed by atoms with van der Waals surface area (Å²) in [6.07, 6.45) is 0.00463. The van der Waals surface area contributed by atoms with Crippen molar-refractivity contribution in [2.24, 2.45) is 0 Å². The van der Waals surface area contributed by atoms with Crippen molar-refractivity contribution in [3.05, 3.63) is 74.5 Å². The molecular weight excluding hydrogens is 464 g/mol. The number of aromatic nitrogens is 3. The standard InChI is InChI=1S/C23H23F2N5O5/c1-13-17(28-35-27-13)12-26-23(33)22-18-3-4-29(5-6-30(18)21(32)11-19(22)34-2)20(31)9-14-7-15(24)10-16(25)8-14/h7-8,10-11H,3-6,9,12H2,1-2H3,(H,26,33). The van der Waals surface area contributed by atoms with E-state index >= 15 is 0 Å². The summed E-state index contributed by atoms with van der Waals surface area (Å²) in [4.78, 5) is 40.2. The quantitative estimate of drug-likeness (QED) is 0.558. The van der Waals surface area contributed by atoms with E-state index in [4.69, 9.17) is 4.74 Å². The molecule has 1 aromatic carbocycles. The first-order chi connectivity index (χ1) is 16.8. The maximum Gasteiger partial charge on any atom is 0.257 e. The Morgan fingerprint density at radius 3 is 2.51 bits per heavy atom. The lowest BCUT2D eigenvalue weighted by atomic mass is 10.1. The second-order valence-corrected chi connectivity index (χ2v) is 8.09. The number of hydrogen-bond donors (Lipinski definition) is 1. The highest BCUT2D eigenvalue weighted by Crippen LogP contribution is 2.23. The van der Waals surface area contributed by atoms with E-state index in [-0.39, 0.29) is 67.4 Å². The van der Waals surface area contributed by atoms with Crippen LogP contribution in [-0.2, 0) is 30.7 Å². The molecule has 0 spiro atoms. The summed E-state index contributed by atoms with van der Waals surface area (Å²) in [6.45, 7) is 2.30. The number of carbonyl (C=O) groups is 2. The average Bonchev–Trinajstić information content (AvgIpc) is 3.08. The lowest BCUT2D eigenvalue weighted by Crippen LogP contribution is -2.35. The van der Waals surface area contributed by atoms with Gasteiger partial charge in [-0.1, -0.05) is 10.3 Å². The molecule has 3 heterocycles. The topological polar surface area (TPSA) is 120 Å². The molecule has 1 aliphatic rings. The van der Waals surface area contributed by atoms with Gasteiger partial charge < -0.3 is 19.5 Å². The van der Waals surface area contributed by atoms with E-state index < -0.39 is 17.5 Å². The maximum atomic E-state index is 13.5. The Morgan fingerprint density at radius 1 is 1.11 bits per heavy atom. The SMILES string of the molecule is COc1cc(=O)n2c(c1C(=O)NCc1nonc1C)CCN(C(=O)Cc1cc(F)cc(F)c1)CC2. The molecule has 4 rings (SSSR count). The van der Waals surface area contributed by atoms with Gasteiger partial charge in [-0.25, -0.2) is 13.4 Å². The van der Waals surface area contributed by atoms with Gasteiger partial charge in [0, 0.05) is 43.9 Å². The molecule has 0 unspecified atom stereocenters. The van der Waals surface area contributed by atoms with Crippen molar-refractivity contribution >= 4 is 11.8 Å². The van der Waals surface area contributed by atoms with Crippen LogP contribution in [0.5, 0.6) is 5.75 Å². The van der Waals surface area contributed by atoms with Gasteiger partial charge in [0.1, 0.15) is 34.3 Å². The average molecular weight is 487 g/mol. The second-order valence-electron chi connectivity index (χ2n) is 8.09. The zero-order chi connectivity index (χ0) is 25.1. The van der Waals surface area contributed by atoms with Gasteiger partial charge in [0.05, 0.1) is 20.1 Å². The number of fused-ring (bicyclic) bond motifs is 1. The molecule has 1 N–H and O–H groups in total. The molecule has 0 radical (unpaired) electrons. The highest BCUT2D eigenvalue weighted by molar-refractivity contribution is 5.98. The zero-order valence-corrected chi connectivity index (χ0v) is 19.1. The number of pyridine rings is 1. The van der Waals surface area contributed by atoms with Gasteiger partial charge >= 0.3 is 0 Å². The molecule has 0 saturated heterocycles. The van der Waals surface area contributed by atoms with Crippen LogP contribution in [0, 0.1) is 18.6 Å². The normalized spacial score (nSPS) is 13.2. The largest absolute Gasteiger partial charge is 0.496 e. The summed E-state index contributed by atoms with van der Waals surface area (Å²) < 4.78 is 38.4. The molecule has 2 aromatic heterocycles. The minimum absolute atomic E-state index is 0.0602. The van der Waals surface area contributed by atoms with E-state index in [2.05, 4.69) is 20.3 Å². The summed E-state index contributed by atoms with van der Waals surface area (Å²) in [6, 6.07) is 4.19. The van der Waals surface area contributed by atoms with Crippen molar-refractivity contribution in [2.45, 2.75) is 32.9 Å². The molecule has 0 atom stereocenters. The van der Waals surface area contributed by atoms with Crippen molar-refractivity contribution in [3.8, 4) is 5.75 Å². The first-order valence-corrected chi connectivity index (χ1v) is 10.9. The number of ether oxygens (including phenoxy) is 1. The molecular formula is C23H23F2N5O5. The smallest absolute Gasteiger partial charge is 0.257 e. The highest BCUT2D eigenvalue weighted by atomic mass is 19.1. The third-order valence-corrected chi connectivity index (χ3v) is 5.83. The molecule has 0 fully saturated rings. The van der Waals surface area contributed by atoms with Crippen LogP contribution in [0.2, 0.25) is 0 Å². The van der Waals surface area contributed by atoms with Crippen LogP contribution in [0.4, 0.5) is 8.78 Å². The van der Waals surface area contributed by atoms with Crippen LogP contribution in [0.25, 0.3) is 0 Å². The molecule has 0 saturated carbocycles. The molecule has 12 heteroatoms. The van der Waals surface area contributed by atoms with Gasteiger partial charge in [0.25, 0.3) is 11.5 Å². The van der Waals surface area contributed by atoms with Crippen molar-refractivity contribution < 1.29 is 27.7 Å². The van der Waals surface area contributed by atoms with Gasteiger partial charge in [0.15, 0.2) is 0 Å². The molecule has 184 valence electrons. The number of aryl methyl sites for hydroxylation is 1. The lowest BCUT2D eigenvalue weighted by Gasteiger charge is -2.20. The van der Waals surface area contributed by atoms with Crippen LogP contribution < -0.4 is 15.6 Å². The highest BCUT2D eigenvalue weighted by Gasteiger charge is 2.27. The number of nitrogens with zero attached hydrogens (tertiary/aromatic N) is 4. The number of methoxy groups -OCH3 is 1. The third-order valence-electron chi connectivity index (χ3n) is 5.83. The summed E-state index contributed by atoms with van der Waals surface area (Å²) in [5, 5.41) is 10.1. The molecule has 0 aliphatic carbocycles. The Balaban J connectivity index is 1.56. The monoisotopic (exact) mass is 487 g/mol. The van der Waals surface area contributed by atoms with Gasteiger partial charge in [0.2, 0.25) is 5.91 Å². The molecule has 3 aromatic rings. The summed E-state index contributed by atoms with van der Waals surface area (Å²) in [5.74, 6) is -2.24. The van der Waals surface area contributed by atoms with Crippen molar-refractivity contribution in [1.82, 2.24) is 25.1 Å². The van der Waals surface area contributed by atoms with Crippen LogP contribution in [0.1, 0.15) is 33.0 Å². The predicted octanol–water partition coefficient (Wildman–Crippen LogP) is 1.38. The molecule has 0 bridgehead atoms. The number of benzene rings is 1. The van der Waals surface area contributed by atoms with Gasteiger partial charge in [-0.2, -0.15) is 0 Å². The predicted molar refractivity (Wildman–Crippen MR) is 118 cm³/mol. The number of nitrogens with one attached hydrogen (secondary N) is 1. The number of rotatable bonds is 6. The Bertz CT molecular complexity index is 1320. The van der Waals surface area contributed by atoms with Crippen LogP contribution in [-0.4, -0.2) is 51.8 Å². The minimum Gasteiger partial charge on any atom is -0.496 e. The summed E-state index contributed by atoms with van der Waals surface area (Å²) in [5.41, 5.74) is 1.45. The van der Waals surface area contributed by atoms with E-state index in [1.807, 2.05) is 0 Å². The number of halogens is 2. The summed E-state index contributed by atoms with van der Waals surface area (Å²) in [7, 11) is 1.36. The number of carbonyl (C=O) groups excluding carboxylic acids is 2. The lowest BCUT2D eigenvalue weighted by molar-refractivity contribution is -0.130. The zero-order valence-electron chi connectivity index (χ0n) is 19.1. The number of amides is 2. The molecule has 1 aliphatic heterocycles. The number of hydrogen-bond acceptors (Lipinski definition) is 7. The van der Waals surface area contributed by atoms with Crippen molar-refractivity contribution in [2.75, 3.05) is 20.2 Å². The molecule has 35 heavy (non-hydrogen) atoms. The van der Waals surface area contributed by atoms with Gasteiger partial charge in [-0.3, -0.25) is 14.4 Å². The summed E-state index contributed by atoms with van der Waals surface area (Å²) >= 11 is 0. The Hall–Kier alpha value is -4.09. The van der Waals surface area contributed by atoms with Crippen LogP contribution in [0.3, 0.4) is 0 Å². The third kappa shape index (κ3) is 5.20. The molecule has 2 amide bonds. The first-order valence-electron chi connectivity index (χ1n) is 10.9. The van der Waals surface area contributed by atoms with E-state index in [1.54, 1.807) is 6.92 Å². The van der Waals surface area contributed by atoms with Crippen LogP contribution >= 0.6 is 0 Å². The first kappa shape index (κ1) is 24.0. The molecule has 10 nitrogen and oxygen atoms in total. The van der Waals surface area contributed by atoms with Crippen molar-refractivity contribution in [1.29, 1.82) is 0 Å². The Kier molecular flexibility index (Phi) is 6.90. The maximum absolute atomic E-state index is 13.5. The van der Waals surface area contributed by atoms with E-state index in [9.17, 15) is 23.2 Å². The fraction of sp³-hybridized carbons (Fsp3) is 0.348. The van der Waals surface area contributed by atoms with E-state index in [0.717, 1.165) is 18.2 Å². The van der Waals surface area contributed by atoms with Crippen molar-refractivity contribution in [3.63, 3.8) is 0 Å². The van der Waals surface area contributed by atoms with Crippen LogP contribution in [0.15, 0.2) is 33.7 Å². The van der Waals surface area contributed by atoms with Gasteiger partial charge in [-0.05, 0) is 24.6 Å². The fourth-order valence-electron chi connectivity index (χ4n) is 4.07. The second kappa shape index (κ2) is 10.0.